The van der Waals surface area contributed by atoms with E-state index >= 15 is 0 Å². The molecule has 3 heterocycles. The van der Waals surface area contributed by atoms with Gasteiger partial charge in [-0.15, -0.1) is 11.3 Å². The largest absolute Gasteiger partial charge is 0.444 e. The summed E-state index contributed by atoms with van der Waals surface area (Å²) in [5, 5.41) is 13.1. The number of nitrogens with zero attached hydrogens (tertiary/aromatic N) is 3. The number of carbonyl (C=O) groups is 1. The second-order valence-electron chi connectivity index (χ2n) is 6.80. The number of benzene rings is 1. The van der Waals surface area contributed by atoms with E-state index in [-0.39, 0.29) is 24.4 Å². The minimum absolute atomic E-state index is 0.156. The number of fused-ring (bicyclic) bond motifs is 1. The van der Waals surface area contributed by atoms with Crippen molar-refractivity contribution in [1.82, 2.24) is 9.88 Å². The average molecular weight is 380 g/mol. The molecule has 1 N–H and O–H groups in total. The quantitative estimate of drug-likeness (QED) is 0.735. The van der Waals surface area contributed by atoms with E-state index in [0.717, 1.165) is 35.5 Å². The van der Waals surface area contributed by atoms with Crippen molar-refractivity contribution in [3.05, 3.63) is 46.2 Å². The Morgan fingerprint density at radius 1 is 1.44 bits per heavy atom. The number of hydrogen-bond acceptors (Lipinski definition) is 6. The third kappa shape index (κ3) is 3.34. The van der Waals surface area contributed by atoms with Crippen molar-refractivity contribution in [3.63, 3.8) is 0 Å². The fourth-order valence-corrected chi connectivity index (χ4v) is 4.66. The second-order valence-corrected chi connectivity index (χ2v) is 7.86. The maximum atomic E-state index is 12.6. The first-order valence-corrected chi connectivity index (χ1v) is 9.78. The molecule has 1 amide bonds. The molecule has 1 aliphatic rings. The number of furan rings is 1. The standard InChI is InChI=1S/C20H20N4O2S/c1-12-13(2)26-19(14(12)10-21)23-18(25)11-24-9-5-7-16(24)20-22-15-6-3-4-8-17(15)27-20/h3-4,6,8,16H,5,7,9,11H2,1-2H3,(H,23,25). The summed E-state index contributed by atoms with van der Waals surface area (Å²) in [5.74, 6) is 0.719. The highest BCUT2D eigenvalue weighted by molar-refractivity contribution is 7.18. The predicted octanol–water partition coefficient (Wildman–Crippen LogP) is 4.15. The first kappa shape index (κ1) is 17.7. The lowest BCUT2D eigenvalue weighted by Crippen LogP contribution is -2.33. The van der Waals surface area contributed by atoms with Crippen LogP contribution in [0.15, 0.2) is 28.7 Å². The highest BCUT2D eigenvalue weighted by atomic mass is 32.1. The van der Waals surface area contributed by atoms with Gasteiger partial charge in [0.15, 0.2) is 0 Å². The van der Waals surface area contributed by atoms with E-state index in [1.807, 2.05) is 25.1 Å². The normalized spacial score (nSPS) is 17.3. The van der Waals surface area contributed by atoms with Gasteiger partial charge in [-0.05, 0) is 45.4 Å². The van der Waals surface area contributed by atoms with E-state index in [1.165, 1.54) is 4.70 Å². The Bertz CT molecular complexity index is 1010. The predicted molar refractivity (Wildman–Crippen MR) is 105 cm³/mol. The Balaban J connectivity index is 1.49. The van der Waals surface area contributed by atoms with Gasteiger partial charge >= 0.3 is 0 Å². The maximum Gasteiger partial charge on any atom is 0.240 e. The van der Waals surface area contributed by atoms with Gasteiger partial charge in [0.2, 0.25) is 11.8 Å². The molecule has 0 spiro atoms. The van der Waals surface area contributed by atoms with Crippen LogP contribution in [0.1, 0.15) is 40.8 Å². The van der Waals surface area contributed by atoms with Crippen LogP contribution in [0.3, 0.4) is 0 Å². The van der Waals surface area contributed by atoms with Gasteiger partial charge in [-0.3, -0.25) is 15.0 Å². The van der Waals surface area contributed by atoms with Crippen LogP contribution in [-0.4, -0.2) is 28.9 Å². The molecule has 2 aromatic heterocycles. The van der Waals surface area contributed by atoms with Crippen LogP contribution in [0, 0.1) is 25.2 Å². The lowest BCUT2D eigenvalue weighted by Gasteiger charge is -2.21. The molecule has 0 saturated carbocycles. The van der Waals surface area contributed by atoms with Gasteiger partial charge in [0, 0.05) is 5.56 Å². The second kappa shape index (κ2) is 7.14. The summed E-state index contributed by atoms with van der Waals surface area (Å²) < 4.78 is 6.71. The summed E-state index contributed by atoms with van der Waals surface area (Å²) in [7, 11) is 0. The molecule has 6 nitrogen and oxygen atoms in total. The van der Waals surface area contributed by atoms with Gasteiger partial charge in [-0.25, -0.2) is 4.98 Å². The van der Waals surface area contributed by atoms with Crippen molar-refractivity contribution < 1.29 is 9.21 Å². The highest BCUT2D eigenvalue weighted by Crippen LogP contribution is 2.36. The van der Waals surface area contributed by atoms with Crippen molar-refractivity contribution in [1.29, 1.82) is 5.26 Å². The van der Waals surface area contributed by atoms with Gasteiger partial charge in [-0.2, -0.15) is 5.26 Å². The van der Waals surface area contributed by atoms with Crippen molar-refractivity contribution in [2.75, 3.05) is 18.4 Å². The van der Waals surface area contributed by atoms with E-state index in [2.05, 4.69) is 22.4 Å². The monoisotopic (exact) mass is 380 g/mol. The van der Waals surface area contributed by atoms with E-state index in [0.29, 0.717) is 11.3 Å². The fourth-order valence-electron chi connectivity index (χ4n) is 3.53. The number of aryl methyl sites for hydroxylation is 1. The lowest BCUT2D eigenvalue weighted by molar-refractivity contribution is -0.117. The minimum atomic E-state index is -0.173. The highest BCUT2D eigenvalue weighted by Gasteiger charge is 2.30. The summed E-state index contributed by atoms with van der Waals surface area (Å²) in [6.07, 6.45) is 2.03. The molecular weight excluding hydrogens is 360 g/mol. The van der Waals surface area contributed by atoms with Crippen LogP contribution in [0.5, 0.6) is 0 Å². The van der Waals surface area contributed by atoms with Crippen LogP contribution in [0.25, 0.3) is 10.2 Å². The molecule has 1 atom stereocenters. The average Bonchev–Trinajstić information content (AvgIpc) is 3.33. The van der Waals surface area contributed by atoms with E-state index in [1.54, 1.807) is 18.3 Å². The van der Waals surface area contributed by atoms with Crippen molar-refractivity contribution in [2.45, 2.75) is 32.7 Å². The minimum Gasteiger partial charge on any atom is -0.444 e. The number of rotatable bonds is 4. The number of anilines is 1. The van der Waals surface area contributed by atoms with Crippen molar-refractivity contribution in [3.8, 4) is 6.07 Å². The molecule has 1 saturated heterocycles. The fraction of sp³-hybridized carbons (Fsp3) is 0.350. The number of thiazole rings is 1. The van der Waals surface area contributed by atoms with Crippen LogP contribution in [0.2, 0.25) is 0 Å². The van der Waals surface area contributed by atoms with Gasteiger partial charge in [-0.1, -0.05) is 12.1 Å². The lowest BCUT2D eigenvalue weighted by atomic mass is 10.2. The van der Waals surface area contributed by atoms with E-state index < -0.39 is 0 Å². The number of aromatic nitrogens is 1. The molecule has 138 valence electrons. The smallest absolute Gasteiger partial charge is 0.240 e. The molecule has 1 fully saturated rings. The summed E-state index contributed by atoms with van der Waals surface area (Å²) in [4.78, 5) is 19.5. The SMILES string of the molecule is Cc1oc(NC(=O)CN2CCCC2c2nc3ccccc3s2)c(C#N)c1C. The Hall–Kier alpha value is -2.69. The zero-order valence-electron chi connectivity index (χ0n) is 15.3. The molecule has 1 aromatic carbocycles. The van der Waals surface area contributed by atoms with Crippen molar-refractivity contribution >= 4 is 33.3 Å². The number of carbonyl (C=O) groups excluding carboxylic acids is 1. The van der Waals surface area contributed by atoms with Crippen LogP contribution in [0.4, 0.5) is 5.88 Å². The number of likely N-dealkylation sites (tertiary alicyclic amines) is 1. The Morgan fingerprint density at radius 2 is 2.26 bits per heavy atom. The number of amides is 1. The van der Waals surface area contributed by atoms with Gasteiger partial charge in [0.25, 0.3) is 0 Å². The zero-order valence-corrected chi connectivity index (χ0v) is 16.1. The molecular formula is C20H20N4O2S. The van der Waals surface area contributed by atoms with Crippen LogP contribution >= 0.6 is 11.3 Å². The third-order valence-electron chi connectivity index (χ3n) is 5.06. The Labute approximate surface area is 161 Å². The van der Waals surface area contributed by atoms with Gasteiger partial charge in [0.05, 0.1) is 22.8 Å². The first-order chi connectivity index (χ1) is 13.1. The Kier molecular flexibility index (Phi) is 4.68. The molecule has 0 radical (unpaired) electrons. The van der Waals surface area contributed by atoms with E-state index in [4.69, 9.17) is 9.40 Å². The van der Waals surface area contributed by atoms with Crippen LogP contribution in [-0.2, 0) is 4.79 Å². The number of hydrogen-bond donors (Lipinski definition) is 1. The van der Waals surface area contributed by atoms with Crippen molar-refractivity contribution in [2.24, 2.45) is 0 Å². The number of nitrogens with one attached hydrogen (secondary N) is 1. The number of para-hydroxylation sites is 1. The van der Waals surface area contributed by atoms with Gasteiger partial charge < -0.3 is 4.42 Å². The molecule has 4 rings (SSSR count). The van der Waals surface area contributed by atoms with E-state index in [9.17, 15) is 10.1 Å². The molecule has 3 aromatic rings. The first-order valence-electron chi connectivity index (χ1n) is 8.96. The third-order valence-corrected chi connectivity index (χ3v) is 6.19. The molecule has 0 bridgehead atoms. The molecule has 27 heavy (non-hydrogen) atoms. The number of nitriles is 1. The molecule has 1 aliphatic heterocycles. The molecule has 7 heteroatoms. The maximum absolute atomic E-state index is 12.6. The Morgan fingerprint density at radius 3 is 3.04 bits per heavy atom. The summed E-state index contributed by atoms with van der Waals surface area (Å²) in [6, 6.07) is 10.4. The van der Waals surface area contributed by atoms with Gasteiger partial charge in [0.1, 0.15) is 22.4 Å². The summed E-state index contributed by atoms with van der Waals surface area (Å²) >= 11 is 1.69. The van der Waals surface area contributed by atoms with Crippen LogP contribution < -0.4 is 5.32 Å². The molecule has 1 unspecified atom stereocenters. The summed E-state index contributed by atoms with van der Waals surface area (Å²) in [5.41, 5.74) is 2.17. The topological polar surface area (TPSA) is 82.2 Å². The molecule has 0 aliphatic carbocycles. The summed E-state index contributed by atoms with van der Waals surface area (Å²) in [6.45, 7) is 4.71. The zero-order chi connectivity index (χ0) is 19.0.